The smallest absolute Gasteiger partial charge is 0.270 e. The van der Waals surface area contributed by atoms with Gasteiger partial charge in [-0.3, -0.25) is 20.1 Å². The van der Waals surface area contributed by atoms with Gasteiger partial charge in [-0.2, -0.15) is 0 Å². The maximum absolute atomic E-state index is 10.9. The van der Waals surface area contributed by atoms with Crippen LogP contribution in [0.4, 0.5) is 11.4 Å². The van der Waals surface area contributed by atoms with Gasteiger partial charge >= 0.3 is 0 Å². The molecule has 0 atom stereocenters. The molecule has 1 aromatic carbocycles. The number of hydrogen-bond acceptors (Lipinski definition) is 5. The second kappa shape index (κ2) is 5.14. The average molecular weight is 303 g/mol. The lowest BCUT2D eigenvalue weighted by Gasteiger charge is -2.15. The van der Waals surface area contributed by atoms with Crippen molar-refractivity contribution in [3.8, 4) is 11.3 Å². The molecule has 3 rings (SSSR count). The zero-order valence-electron chi connectivity index (χ0n) is 11.1. The molecular weight excluding hydrogens is 292 g/mol. The Labute approximate surface area is 125 Å². The number of amidine groups is 1. The van der Waals surface area contributed by atoms with Gasteiger partial charge in [0.2, 0.25) is 0 Å². The predicted molar refractivity (Wildman–Crippen MR) is 81.7 cm³/mol. The van der Waals surface area contributed by atoms with Crippen LogP contribution in [0.15, 0.2) is 35.5 Å². The highest BCUT2D eigenvalue weighted by atomic mass is 35.5. The first-order valence-corrected chi connectivity index (χ1v) is 6.63. The van der Waals surface area contributed by atoms with Crippen molar-refractivity contribution in [1.29, 1.82) is 0 Å². The number of nitro groups is 1. The summed E-state index contributed by atoms with van der Waals surface area (Å²) in [4.78, 5) is 19.0. The molecule has 6 nitrogen and oxygen atoms in total. The Morgan fingerprint density at radius 1 is 1.38 bits per heavy atom. The van der Waals surface area contributed by atoms with Crippen molar-refractivity contribution in [1.82, 2.24) is 4.98 Å². The average Bonchev–Trinajstić information content (AvgIpc) is 2.47. The van der Waals surface area contributed by atoms with Gasteiger partial charge in [0, 0.05) is 23.3 Å². The molecule has 0 bridgehead atoms. The zero-order valence-corrected chi connectivity index (χ0v) is 11.9. The Bertz CT molecular complexity index is 774. The van der Waals surface area contributed by atoms with E-state index in [4.69, 9.17) is 11.6 Å². The van der Waals surface area contributed by atoms with Crippen molar-refractivity contribution in [3.05, 3.63) is 51.7 Å². The number of nitrogens with one attached hydrogen (secondary N) is 1. The molecular formula is C14H11ClN4O2. The number of benzene rings is 1. The summed E-state index contributed by atoms with van der Waals surface area (Å²) in [5.74, 6) is 0. The highest BCUT2D eigenvalue weighted by Gasteiger charge is 2.15. The minimum atomic E-state index is -0.410. The summed E-state index contributed by atoms with van der Waals surface area (Å²) in [6.45, 7) is 2.36. The quantitative estimate of drug-likeness (QED) is 0.523. The molecule has 21 heavy (non-hydrogen) atoms. The third-order valence-electron chi connectivity index (χ3n) is 3.32. The van der Waals surface area contributed by atoms with Crippen molar-refractivity contribution in [2.45, 2.75) is 13.5 Å². The lowest BCUT2D eigenvalue weighted by atomic mass is 10.0. The number of nitro benzene ring substituents is 1. The van der Waals surface area contributed by atoms with E-state index in [1.807, 2.05) is 13.0 Å². The fourth-order valence-corrected chi connectivity index (χ4v) is 2.35. The molecule has 0 amide bonds. The van der Waals surface area contributed by atoms with Gasteiger partial charge in [0.25, 0.3) is 5.69 Å². The largest absolute Gasteiger partial charge is 0.329 e. The maximum atomic E-state index is 10.9. The molecule has 7 heteroatoms. The number of aromatic nitrogens is 1. The van der Waals surface area contributed by atoms with E-state index in [0.717, 1.165) is 22.4 Å². The minimum absolute atomic E-state index is 0.0503. The number of fused-ring (bicyclic) bond motifs is 1. The summed E-state index contributed by atoms with van der Waals surface area (Å²) in [5, 5.41) is 14.2. The number of rotatable bonds is 2. The molecule has 0 saturated heterocycles. The van der Waals surface area contributed by atoms with Gasteiger partial charge in [-0.05, 0) is 30.2 Å². The topological polar surface area (TPSA) is 80.4 Å². The number of nitrogens with zero attached hydrogens (tertiary/aromatic N) is 3. The summed E-state index contributed by atoms with van der Waals surface area (Å²) in [7, 11) is 0. The molecule has 0 spiro atoms. The third-order valence-corrected chi connectivity index (χ3v) is 3.54. The van der Waals surface area contributed by atoms with Crippen molar-refractivity contribution >= 4 is 28.3 Å². The van der Waals surface area contributed by atoms with Gasteiger partial charge in [-0.25, -0.2) is 0 Å². The standard InChI is InChI=1S/C14H11ClN4O2/c1-8-2-3-10(19(20)21)5-11(8)12-4-9-6-17-14(15)18-13(9)7-16-12/h2-5,7H,6H2,1H3,(H,17,18). The normalized spacial score (nSPS) is 13.1. The van der Waals surface area contributed by atoms with Gasteiger partial charge in [0.15, 0.2) is 5.29 Å². The summed E-state index contributed by atoms with van der Waals surface area (Å²) < 4.78 is 0. The predicted octanol–water partition coefficient (Wildman–Crippen LogP) is 3.49. The van der Waals surface area contributed by atoms with Crippen LogP contribution in [0, 0.1) is 17.0 Å². The van der Waals surface area contributed by atoms with Crippen LogP contribution in [0.5, 0.6) is 0 Å². The molecule has 2 heterocycles. The van der Waals surface area contributed by atoms with Gasteiger partial charge in [-0.1, -0.05) is 6.07 Å². The van der Waals surface area contributed by atoms with E-state index < -0.39 is 4.92 Å². The van der Waals surface area contributed by atoms with Crippen LogP contribution in [-0.4, -0.2) is 15.2 Å². The third kappa shape index (κ3) is 2.57. The van der Waals surface area contributed by atoms with Crippen molar-refractivity contribution in [3.63, 3.8) is 0 Å². The second-order valence-corrected chi connectivity index (χ2v) is 5.07. The fraction of sp³-hybridized carbons (Fsp3) is 0.143. The molecule has 1 aromatic heterocycles. The van der Waals surface area contributed by atoms with Gasteiger partial charge in [-0.15, -0.1) is 0 Å². The van der Waals surface area contributed by atoms with Crippen LogP contribution in [0.1, 0.15) is 11.1 Å². The van der Waals surface area contributed by atoms with E-state index in [1.54, 1.807) is 12.3 Å². The Morgan fingerprint density at radius 3 is 2.95 bits per heavy atom. The van der Waals surface area contributed by atoms with Crippen LogP contribution in [0.2, 0.25) is 0 Å². The molecule has 0 saturated carbocycles. The molecule has 0 aliphatic carbocycles. The number of aryl methyl sites for hydroxylation is 1. The van der Waals surface area contributed by atoms with E-state index >= 15 is 0 Å². The first-order valence-electron chi connectivity index (χ1n) is 6.26. The SMILES string of the molecule is Cc1ccc([N+](=O)[O-])cc1-c1cc2c(cn1)NC(Cl)=NC2. The summed E-state index contributed by atoms with van der Waals surface area (Å²) in [6.07, 6.45) is 1.67. The number of aliphatic imine (C=N–C) groups is 1. The fourth-order valence-electron chi connectivity index (χ4n) is 2.19. The van der Waals surface area contributed by atoms with Crippen molar-refractivity contribution in [2.24, 2.45) is 4.99 Å². The van der Waals surface area contributed by atoms with Crippen LogP contribution in [-0.2, 0) is 6.54 Å². The van der Waals surface area contributed by atoms with Crippen LogP contribution in [0.3, 0.4) is 0 Å². The molecule has 2 aromatic rings. The molecule has 1 N–H and O–H groups in total. The van der Waals surface area contributed by atoms with Gasteiger partial charge in [0.1, 0.15) is 0 Å². The molecule has 0 fully saturated rings. The van der Waals surface area contributed by atoms with Crippen molar-refractivity contribution < 1.29 is 4.92 Å². The Balaban J connectivity index is 2.07. The van der Waals surface area contributed by atoms with E-state index in [-0.39, 0.29) is 5.69 Å². The van der Waals surface area contributed by atoms with E-state index in [0.29, 0.717) is 17.5 Å². The maximum Gasteiger partial charge on any atom is 0.270 e. The molecule has 0 radical (unpaired) electrons. The summed E-state index contributed by atoms with van der Waals surface area (Å²) in [6, 6.07) is 6.63. The number of hydrogen-bond donors (Lipinski definition) is 1. The van der Waals surface area contributed by atoms with Crippen molar-refractivity contribution in [2.75, 3.05) is 5.32 Å². The lowest BCUT2D eigenvalue weighted by molar-refractivity contribution is -0.384. The molecule has 0 unspecified atom stereocenters. The lowest BCUT2D eigenvalue weighted by Crippen LogP contribution is -2.12. The van der Waals surface area contributed by atoms with E-state index in [1.165, 1.54) is 12.1 Å². The van der Waals surface area contributed by atoms with Crippen LogP contribution < -0.4 is 5.32 Å². The molecule has 1 aliphatic rings. The number of pyridine rings is 1. The Hall–Kier alpha value is -2.47. The zero-order chi connectivity index (χ0) is 15.0. The van der Waals surface area contributed by atoms with Gasteiger partial charge < -0.3 is 5.32 Å². The highest BCUT2D eigenvalue weighted by molar-refractivity contribution is 6.67. The van der Waals surface area contributed by atoms with Gasteiger partial charge in [0.05, 0.1) is 29.0 Å². The number of anilines is 1. The number of non-ortho nitro benzene ring substituents is 1. The van der Waals surface area contributed by atoms with Crippen LogP contribution in [0.25, 0.3) is 11.3 Å². The summed E-state index contributed by atoms with van der Waals surface area (Å²) >= 11 is 5.82. The van der Waals surface area contributed by atoms with E-state index in [9.17, 15) is 10.1 Å². The monoisotopic (exact) mass is 302 g/mol. The first kappa shape index (κ1) is 13.5. The van der Waals surface area contributed by atoms with E-state index in [2.05, 4.69) is 15.3 Å². The minimum Gasteiger partial charge on any atom is -0.329 e. The molecule has 106 valence electrons. The Morgan fingerprint density at radius 2 is 2.19 bits per heavy atom. The second-order valence-electron chi connectivity index (χ2n) is 4.72. The molecule has 1 aliphatic heterocycles. The number of halogens is 1. The Kier molecular flexibility index (Phi) is 3.31. The first-order chi connectivity index (χ1) is 10.0. The highest BCUT2D eigenvalue weighted by Crippen LogP contribution is 2.30. The summed E-state index contributed by atoms with van der Waals surface area (Å²) in [5.41, 5.74) is 4.17. The van der Waals surface area contributed by atoms with Crippen LogP contribution >= 0.6 is 11.6 Å².